The van der Waals surface area contributed by atoms with Crippen molar-refractivity contribution in [2.75, 3.05) is 16.9 Å². The number of hydrogen-bond donors (Lipinski definition) is 2. The van der Waals surface area contributed by atoms with Crippen molar-refractivity contribution >= 4 is 34.8 Å². The maximum absolute atomic E-state index is 12.2. The fourth-order valence-electron chi connectivity index (χ4n) is 2.00. The van der Waals surface area contributed by atoms with Crippen molar-refractivity contribution in [2.24, 2.45) is 0 Å². The minimum absolute atomic E-state index is 0.0489. The standard InChI is InChI=1S/C19H17N3O2S/c1-13(23)14-6-8-16(9-7-14)22-19(24)15(11-20)12-21-17-4-3-5-18(10-17)25-2/h3-10,12,21H,1-2H3,(H,22,24)/b15-12-. The number of thioether (sulfide) groups is 1. The van der Waals surface area contributed by atoms with Crippen molar-refractivity contribution in [3.8, 4) is 6.07 Å². The highest BCUT2D eigenvalue weighted by atomic mass is 32.2. The molecular formula is C19H17N3O2S. The van der Waals surface area contributed by atoms with Crippen LogP contribution < -0.4 is 10.6 Å². The zero-order valence-corrected chi connectivity index (χ0v) is 14.7. The summed E-state index contributed by atoms with van der Waals surface area (Å²) in [6.45, 7) is 1.47. The molecule has 0 unspecified atom stereocenters. The minimum atomic E-state index is -0.522. The second-order valence-electron chi connectivity index (χ2n) is 5.13. The van der Waals surface area contributed by atoms with E-state index in [1.165, 1.54) is 13.1 Å². The van der Waals surface area contributed by atoms with Crippen LogP contribution >= 0.6 is 11.8 Å². The topological polar surface area (TPSA) is 82.0 Å². The first-order valence-corrected chi connectivity index (χ1v) is 8.69. The normalized spacial score (nSPS) is 10.7. The molecule has 1 amide bonds. The first-order chi connectivity index (χ1) is 12.0. The van der Waals surface area contributed by atoms with E-state index in [0.717, 1.165) is 10.6 Å². The lowest BCUT2D eigenvalue weighted by atomic mass is 10.1. The van der Waals surface area contributed by atoms with Gasteiger partial charge in [-0.05, 0) is 55.6 Å². The molecule has 0 aliphatic rings. The average Bonchev–Trinajstić information content (AvgIpc) is 2.63. The van der Waals surface area contributed by atoms with Crippen molar-refractivity contribution in [1.29, 1.82) is 5.26 Å². The molecule has 0 aliphatic heterocycles. The van der Waals surface area contributed by atoms with Crippen LogP contribution in [0.25, 0.3) is 0 Å². The zero-order valence-electron chi connectivity index (χ0n) is 13.9. The molecule has 0 aliphatic carbocycles. The van der Waals surface area contributed by atoms with Gasteiger partial charge in [0.05, 0.1) is 0 Å². The predicted molar refractivity (Wildman–Crippen MR) is 101 cm³/mol. The lowest BCUT2D eigenvalue weighted by Crippen LogP contribution is -2.14. The molecule has 0 saturated carbocycles. The number of carbonyl (C=O) groups is 2. The molecule has 2 aromatic rings. The minimum Gasteiger partial charge on any atom is -0.360 e. The summed E-state index contributed by atoms with van der Waals surface area (Å²) in [4.78, 5) is 24.5. The quantitative estimate of drug-likeness (QED) is 0.355. The molecule has 5 nitrogen and oxygen atoms in total. The molecular weight excluding hydrogens is 334 g/mol. The fraction of sp³-hybridized carbons (Fsp3) is 0.105. The van der Waals surface area contributed by atoms with E-state index in [1.54, 1.807) is 36.0 Å². The number of anilines is 2. The number of ketones is 1. The molecule has 126 valence electrons. The first kappa shape index (κ1) is 18.3. The molecule has 0 radical (unpaired) electrons. The number of Topliss-reactive ketones (excluding diaryl/α,β-unsaturated/α-hetero) is 1. The number of carbonyl (C=O) groups excluding carboxylic acids is 2. The third-order valence-corrected chi connectivity index (χ3v) is 4.09. The van der Waals surface area contributed by atoms with E-state index in [-0.39, 0.29) is 11.4 Å². The SMILES string of the molecule is CSc1cccc(N/C=C(/C#N)C(=O)Nc2ccc(C(C)=O)cc2)c1. The molecule has 0 atom stereocenters. The highest BCUT2D eigenvalue weighted by molar-refractivity contribution is 7.98. The molecule has 0 saturated heterocycles. The molecule has 0 fully saturated rings. The number of amides is 1. The van der Waals surface area contributed by atoms with Crippen molar-refractivity contribution in [3.63, 3.8) is 0 Å². The van der Waals surface area contributed by atoms with Crippen molar-refractivity contribution in [1.82, 2.24) is 0 Å². The summed E-state index contributed by atoms with van der Waals surface area (Å²) in [6.07, 6.45) is 3.35. The summed E-state index contributed by atoms with van der Waals surface area (Å²) in [6, 6.07) is 16.0. The van der Waals surface area contributed by atoms with Gasteiger partial charge in [-0.2, -0.15) is 5.26 Å². The van der Waals surface area contributed by atoms with Gasteiger partial charge < -0.3 is 10.6 Å². The van der Waals surface area contributed by atoms with Gasteiger partial charge in [0.1, 0.15) is 11.6 Å². The van der Waals surface area contributed by atoms with Crippen molar-refractivity contribution in [2.45, 2.75) is 11.8 Å². The summed E-state index contributed by atoms with van der Waals surface area (Å²) in [5, 5.41) is 14.8. The maximum Gasteiger partial charge on any atom is 0.267 e. The van der Waals surface area contributed by atoms with Crippen molar-refractivity contribution < 1.29 is 9.59 Å². The van der Waals surface area contributed by atoms with Gasteiger partial charge in [0.25, 0.3) is 5.91 Å². The fourth-order valence-corrected chi connectivity index (χ4v) is 2.46. The number of hydrogen-bond acceptors (Lipinski definition) is 5. The van der Waals surface area contributed by atoms with Gasteiger partial charge in [0.2, 0.25) is 0 Å². The van der Waals surface area contributed by atoms with E-state index in [0.29, 0.717) is 11.3 Å². The Labute approximate surface area is 150 Å². The summed E-state index contributed by atoms with van der Waals surface area (Å²) in [5.74, 6) is -0.571. The third-order valence-electron chi connectivity index (χ3n) is 3.37. The predicted octanol–water partition coefficient (Wildman–Crippen LogP) is 4.07. The van der Waals surface area contributed by atoms with Crippen LogP contribution in [0, 0.1) is 11.3 Å². The van der Waals surface area contributed by atoms with Crippen LogP contribution in [0.4, 0.5) is 11.4 Å². The smallest absolute Gasteiger partial charge is 0.267 e. The van der Waals surface area contributed by atoms with Gasteiger partial charge >= 0.3 is 0 Å². The highest BCUT2D eigenvalue weighted by Gasteiger charge is 2.09. The van der Waals surface area contributed by atoms with Gasteiger partial charge in [0, 0.05) is 28.0 Å². The summed E-state index contributed by atoms with van der Waals surface area (Å²) < 4.78 is 0. The molecule has 0 bridgehead atoms. The van der Waals surface area contributed by atoms with E-state index in [1.807, 2.05) is 36.6 Å². The average molecular weight is 351 g/mol. The summed E-state index contributed by atoms with van der Waals surface area (Å²) >= 11 is 1.61. The Morgan fingerprint density at radius 3 is 2.44 bits per heavy atom. The summed E-state index contributed by atoms with van der Waals surface area (Å²) in [7, 11) is 0. The number of rotatable bonds is 6. The molecule has 2 aromatic carbocycles. The van der Waals surface area contributed by atoms with Gasteiger partial charge in [-0.15, -0.1) is 11.8 Å². The zero-order chi connectivity index (χ0) is 18.2. The highest BCUT2D eigenvalue weighted by Crippen LogP contribution is 2.19. The second kappa shape index (κ2) is 8.71. The Morgan fingerprint density at radius 1 is 1.12 bits per heavy atom. The van der Waals surface area contributed by atoms with Crippen LogP contribution in [0.3, 0.4) is 0 Å². The van der Waals surface area contributed by atoms with Crippen LogP contribution in [0.15, 0.2) is 65.2 Å². The lowest BCUT2D eigenvalue weighted by molar-refractivity contribution is -0.112. The third kappa shape index (κ3) is 5.23. The summed E-state index contributed by atoms with van der Waals surface area (Å²) in [5.41, 5.74) is 1.81. The van der Waals surface area contributed by atoms with Crippen LogP contribution in [0.5, 0.6) is 0 Å². The molecule has 2 rings (SSSR count). The molecule has 0 aromatic heterocycles. The number of nitrogens with one attached hydrogen (secondary N) is 2. The second-order valence-corrected chi connectivity index (χ2v) is 6.01. The van der Waals surface area contributed by atoms with E-state index in [9.17, 15) is 14.9 Å². The molecule has 2 N–H and O–H groups in total. The van der Waals surface area contributed by atoms with E-state index >= 15 is 0 Å². The van der Waals surface area contributed by atoms with Crippen LogP contribution in [-0.2, 0) is 4.79 Å². The molecule has 0 spiro atoms. The largest absolute Gasteiger partial charge is 0.360 e. The molecule has 25 heavy (non-hydrogen) atoms. The monoisotopic (exact) mass is 351 g/mol. The first-order valence-electron chi connectivity index (χ1n) is 7.46. The van der Waals surface area contributed by atoms with Gasteiger partial charge in [0.15, 0.2) is 5.78 Å². The van der Waals surface area contributed by atoms with E-state index < -0.39 is 5.91 Å². The number of benzene rings is 2. The number of nitriles is 1. The molecule has 0 heterocycles. The van der Waals surface area contributed by atoms with Crippen LogP contribution in [-0.4, -0.2) is 17.9 Å². The Morgan fingerprint density at radius 2 is 1.84 bits per heavy atom. The lowest BCUT2D eigenvalue weighted by Gasteiger charge is -2.06. The number of nitrogens with zero attached hydrogens (tertiary/aromatic N) is 1. The maximum atomic E-state index is 12.2. The van der Waals surface area contributed by atoms with Gasteiger partial charge in [-0.3, -0.25) is 9.59 Å². The Balaban J connectivity index is 2.07. The molecule has 6 heteroatoms. The van der Waals surface area contributed by atoms with E-state index in [4.69, 9.17) is 0 Å². The van der Waals surface area contributed by atoms with Crippen LogP contribution in [0.1, 0.15) is 17.3 Å². The van der Waals surface area contributed by atoms with Crippen molar-refractivity contribution in [3.05, 3.63) is 65.9 Å². The van der Waals surface area contributed by atoms with Gasteiger partial charge in [-0.1, -0.05) is 6.07 Å². The van der Waals surface area contributed by atoms with Gasteiger partial charge in [-0.25, -0.2) is 0 Å². The Kier molecular flexibility index (Phi) is 6.38. The Hall–Kier alpha value is -3.04. The van der Waals surface area contributed by atoms with Crippen LogP contribution in [0.2, 0.25) is 0 Å². The van der Waals surface area contributed by atoms with E-state index in [2.05, 4.69) is 10.6 Å². The Bertz CT molecular complexity index is 852.